The van der Waals surface area contributed by atoms with E-state index in [4.69, 9.17) is 5.26 Å². The zero-order chi connectivity index (χ0) is 12.5. The minimum Gasteiger partial charge on any atom is -0.207 e. The van der Waals surface area contributed by atoms with E-state index in [0.717, 1.165) is 6.42 Å². The normalized spacial score (nSPS) is 21.3. The Bertz CT molecular complexity index is 560. The zero-order valence-electron chi connectivity index (χ0n) is 9.63. The first-order valence-corrected chi connectivity index (χ1v) is 6.98. The molecular formula is C12H14N2O2S. The minimum absolute atomic E-state index is 0.214. The van der Waals surface area contributed by atoms with E-state index in [1.54, 1.807) is 18.2 Å². The number of nitrogens with zero attached hydrogens (tertiary/aromatic N) is 2. The van der Waals surface area contributed by atoms with Gasteiger partial charge in [0.15, 0.2) is 0 Å². The van der Waals surface area contributed by atoms with Crippen LogP contribution in [0.2, 0.25) is 0 Å². The molecule has 0 saturated carbocycles. The van der Waals surface area contributed by atoms with Crippen LogP contribution in [0.25, 0.3) is 0 Å². The molecular weight excluding hydrogens is 236 g/mol. The van der Waals surface area contributed by atoms with Gasteiger partial charge in [0.1, 0.15) is 0 Å². The van der Waals surface area contributed by atoms with Gasteiger partial charge in [-0.2, -0.15) is 9.57 Å². The summed E-state index contributed by atoms with van der Waals surface area (Å²) in [5, 5.41) is 8.78. The summed E-state index contributed by atoms with van der Waals surface area (Å²) < 4.78 is 26.0. The SMILES string of the molecule is CC1CCN(S(=O)(=O)c2cccc(C#N)c2)C1. The summed E-state index contributed by atoms with van der Waals surface area (Å²) >= 11 is 0. The molecule has 1 atom stereocenters. The lowest BCUT2D eigenvalue weighted by Gasteiger charge is -2.15. The van der Waals surface area contributed by atoms with E-state index in [9.17, 15) is 8.42 Å². The molecule has 1 unspecified atom stereocenters. The van der Waals surface area contributed by atoms with Gasteiger partial charge in [-0.15, -0.1) is 0 Å². The Balaban J connectivity index is 2.35. The van der Waals surface area contributed by atoms with E-state index in [2.05, 4.69) is 0 Å². The van der Waals surface area contributed by atoms with Crippen molar-refractivity contribution in [3.8, 4) is 6.07 Å². The molecule has 0 aliphatic carbocycles. The van der Waals surface area contributed by atoms with Crippen LogP contribution in [-0.4, -0.2) is 25.8 Å². The first kappa shape index (κ1) is 12.1. The van der Waals surface area contributed by atoms with Gasteiger partial charge in [0.05, 0.1) is 16.5 Å². The first-order valence-electron chi connectivity index (χ1n) is 5.54. The van der Waals surface area contributed by atoms with E-state index < -0.39 is 10.0 Å². The van der Waals surface area contributed by atoms with Crippen LogP contribution in [0.5, 0.6) is 0 Å². The average molecular weight is 250 g/mol. The van der Waals surface area contributed by atoms with Crippen LogP contribution in [0.4, 0.5) is 0 Å². The van der Waals surface area contributed by atoms with Gasteiger partial charge in [-0.05, 0) is 30.5 Å². The van der Waals surface area contributed by atoms with Crippen LogP contribution in [0, 0.1) is 17.2 Å². The van der Waals surface area contributed by atoms with Crippen molar-refractivity contribution in [2.45, 2.75) is 18.2 Å². The van der Waals surface area contributed by atoms with Crippen molar-refractivity contribution in [1.82, 2.24) is 4.31 Å². The molecule has 90 valence electrons. The predicted octanol–water partition coefficient (Wildman–Crippen LogP) is 1.59. The fourth-order valence-corrected chi connectivity index (χ4v) is 3.61. The number of rotatable bonds is 2. The summed E-state index contributed by atoms with van der Waals surface area (Å²) in [4.78, 5) is 0.214. The van der Waals surface area contributed by atoms with Gasteiger partial charge in [0.2, 0.25) is 10.0 Å². The van der Waals surface area contributed by atoms with Gasteiger partial charge in [-0.1, -0.05) is 13.0 Å². The Labute approximate surface area is 102 Å². The molecule has 0 amide bonds. The molecule has 0 aromatic heterocycles. The minimum atomic E-state index is -3.42. The standard InChI is InChI=1S/C12H14N2O2S/c1-10-5-6-14(9-10)17(15,16)12-4-2-3-11(7-12)8-13/h2-4,7,10H,5-6,9H2,1H3. The Morgan fingerprint density at radius 3 is 2.82 bits per heavy atom. The average Bonchev–Trinajstić information content (AvgIpc) is 2.76. The highest BCUT2D eigenvalue weighted by molar-refractivity contribution is 7.89. The van der Waals surface area contributed by atoms with E-state index in [-0.39, 0.29) is 4.90 Å². The van der Waals surface area contributed by atoms with Crippen LogP contribution in [0.15, 0.2) is 29.2 Å². The first-order chi connectivity index (χ1) is 8.04. The van der Waals surface area contributed by atoms with E-state index in [1.165, 1.54) is 10.4 Å². The number of hydrogen-bond donors (Lipinski definition) is 0. The Hall–Kier alpha value is -1.38. The van der Waals surface area contributed by atoms with Gasteiger partial charge >= 0.3 is 0 Å². The molecule has 17 heavy (non-hydrogen) atoms. The predicted molar refractivity (Wildman–Crippen MR) is 63.7 cm³/mol. The quantitative estimate of drug-likeness (QED) is 0.800. The molecule has 1 fully saturated rings. The molecule has 1 aliphatic rings. The van der Waals surface area contributed by atoms with E-state index in [0.29, 0.717) is 24.6 Å². The summed E-state index contributed by atoms with van der Waals surface area (Å²) in [5.74, 6) is 0.406. The topological polar surface area (TPSA) is 61.2 Å². The highest BCUT2D eigenvalue weighted by atomic mass is 32.2. The summed E-state index contributed by atoms with van der Waals surface area (Å²) in [5.41, 5.74) is 0.373. The van der Waals surface area contributed by atoms with Crippen molar-refractivity contribution in [3.63, 3.8) is 0 Å². The van der Waals surface area contributed by atoms with Crippen LogP contribution in [-0.2, 0) is 10.0 Å². The number of hydrogen-bond acceptors (Lipinski definition) is 3. The molecule has 0 N–H and O–H groups in total. The third kappa shape index (κ3) is 2.33. The number of benzene rings is 1. The van der Waals surface area contributed by atoms with Crippen molar-refractivity contribution in [1.29, 1.82) is 5.26 Å². The van der Waals surface area contributed by atoms with Crippen LogP contribution in [0.1, 0.15) is 18.9 Å². The van der Waals surface area contributed by atoms with Crippen molar-refractivity contribution in [3.05, 3.63) is 29.8 Å². The van der Waals surface area contributed by atoms with Crippen LogP contribution >= 0.6 is 0 Å². The van der Waals surface area contributed by atoms with Crippen LogP contribution in [0.3, 0.4) is 0 Å². The summed E-state index contributed by atoms with van der Waals surface area (Å²) in [6, 6.07) is 8.13. The van der Waals surface area contributed by atoms with Gasteiger partial charge in [0, 0.05) is 13.1 Å². The zero-order valence-corrected chi connectivity index (χ0v) is 10.4. The lowest BCUT2D eigenvalue weighted by atomic mass is 10.2. The third-order valence-electron chi connectivity index (χ3n) is 2.99. The van der Waals surface area contributed by atoms with Crippen molar-refractivity contribution >= 4 is 10.0 Å². The second-order valence-corrected chi connectivity index (χ2v) is 6.33. The molecule has 1 saturated heterocycles. The monoisotopic (exact) mass is 250 g/mol. The fourth-order valence-electron chi connectivity index (χ4n) is 1.99. The van der Waals surface area contributed by atoms with Crippen molar-refractivity contribution in [2.75, 3.05) is 13.1 Å². The maximum absolute atomic E-state index is 12.3. The largest absolute Gasteiger partial charge is 0.243 e. The van der Waals surface area contributed by atoms with Crippen molar-refractivity contribution in [2.24, 2.45) is 5.92 Å². The smallest absolute Gasteiger partial charge is 0.207 e. The second kappa shape index (κ2) is 4.47. The fraction of sp³-hybridized carbons (Fsp3) is 0.417. The van der Waals surface area contributed by atoms with Gasteiger partial charge in [-0.25, -0.2) is 8.42 Å². The summed E-state index contributed by atoms with van der Waals surface area (Å²) in [6.45, 7) is 3.18. The van der Waals surface area contributed by atoms with Gasteiger partial charge < -0.3 is 0 Å². The maximum Gasteiger partial charge on any atom is 0.243 e. The Kier molecular flexibility index (Phi) is 3.18. The number of sulfonamides is 1. The molecule has 0 radical (unpaired) electrons. The molecule has 1 aromatic rings. The lowest BCUT2D eigenvalue weighted by Crippen LogP contribution is -2.28. The Morgan fingerprint density at radius 2 is 2.24 bits per heavy atom. The summed E-state index contributed by atoms with van der Waals surface area (Å²) in [7, 11) is -3.42. The highest BCUT2D eigenvalue weighted by Gasteiger charge is 2.30. The number of nitriles is 1. The molecule has 0 bridgehead atoms. The Morgan fingerprint density at radius 1 is 1.47 bits per heavy atom. The highest BCUT2D eigenvalue weighted by Crippen LogP contribution is 2.24. The molecule has 4 nitrogen and oxygen atoms in total. The maximum atomic E-state index is 12.3. The molecule has 2 rings (SSSR count). The van der Waals surface area contributed by atoms with E-state index >= 15 is 0 Å². The molecule has 1 aliphatic heterocycles. The molecule has 0 spiro atoms. The molecule has 1 heterocycles. The lowest BCUT2D eigenvalue weighted by molar-refractivity contribution is 0.464. The third-order valence-corrected chi connectivity index (χ3v) is 4.85. The van der Waals surface area contributed by atoms with Gasteiger partial charge in [-0.3, -0.25) is 0 Å². The second-order valence-electron chi connectivity index (χ2n) is 4.40. The molecule has 5 heteroatoms. The molecule has 1 aromatic carbocycles. The van der Waals surface area contributed by atoms with Crippen LogP contribution < -0.4 is 0 Å². The summed E-state index contributed by atoms with van der Waals surface area (Å²) in [6.07, 6.45) is 0.900. The van der Waals surface area contributed by atoms with E-state index in [1.807, 2.05) is 13.0 Å². The van der Waals surface area contributed by atoms with Gasteiger partial charge in [0.25, 0.3) is 0 Å². The van der Waals surface area contributed by atoms with Crippen molar-refractivity contribution < 1.29 is 8.42 Å².